The van der Waals surface area contributed by atoms with Crippen LogP contribution in [0, 0.1) is 11.8 Å². The van der Waals surface area contributed by atoms with Crippen LogP contribution in [-0.2, 0) is 9.59 Å². The Morgan fingerprint density at radius 3 is 1.96 bits per heavy atom. The molecule has 0 aromatic heterocycles. The average molecular weight is 362 g/mol. The summed E-state index contributed by atoms with van der Waals surface area (Å²) >= 11 is 0. The molecule has 4 fully saturated rings. The van der Waals surface area contributed by atoms with Gasteiger partial charge in [-0.25, -0.2) is 0 Å². The van der Waals surface area contributed by atoms with E-state index < -0.39 is 0 Å². The first-order chi connectivity index (χ1) is 12.7. The summed E-state index contributed by atoms with van der Waals surface area (Å²) in [6, 6.07) is 1.31. The summed E-state index contributed by atoms with van der Waals surface area (Å²) in [5, 5.41) is 3.65. The van der Waals surface area contributed by atoms with E-state index in [4.69, 9.17) is 0 Å². The molecule has 2 bridgehead atoms. The van der Waals surface area contributed by atoms with Gasteiger partial charge < -0.3 is 15.1 Å². The molecule has 1 saturated carbocycles. The maximum absolute atomic E-state index is 12.7. The Morgan fingerprint density at radius 1 is 0.769 bits per heavy atom. The highest BCUT2D eigenvalue weighted by molar-refractivity contribution is 5.78. The van der Waals surface area contributed by atoms with E-state index in [0.717, 1.165) is 38.5 Å². The van der Waals surface area contributed by atoms with Gasteiger partial charge in [-0.3, -0.25) is 9.59 Å². The largest absolute Gasteiger partial charge is 0.339 e. The number of rotatable bonds is 5. The molecule has 146 valence electrons. The molecular formula is C21H35N3O2. The molecule has 3 heterocycles. The molecule has 26 heavy (non-hydrogen) atoms. The fraction of sp³-hybridized carbons (Fsp3) is 0.905. The molecule has 0 aromatic carbocycles. The molecule has 5 nitrogen and oxygen atoms in total. The van der Waals surface area contributed by atoms with Gasteiger partial charge in [0, 0.05) is 51.1 Å². The van der Waals surface area contributed by atoms with Crippen LogP contribution >= 0.6 is 0 Å². The molecule has 4 aliphatic rings. The van der Waals surface area contributed by atoms with Crippen molar-refractivity contribution in [1.29, 1.82) is 0 Å². The number of hydrogen-bond acceptors (Lipinski definition) is 3. The Hall–Kier alpha value is -1.10. The van der Waals surface area contributed by atoms with E-state index >= 15 is 0 Å². The topological polar surface area (TPSA) is 52.7 Å². The van der Waals surface area contributed by atoms with Crippen LogP contribution in [0.25, 0.3) is 0 Å². The van der Waals surface area contributed by atoms with Gasteiger partial charge >= 0.3 is 0 Å². The van der Waals surface area contributed by atoms with Gasteiger partial charge in [0.1, 0.15) is 0 Å². The lowest BCUT2D eigenvalue weighted by Crippen LogP contribution is -2.51. The Labute approximate surface area is 157 Å². The van der Waals surface area contributed by atoms with Crippen molar-refractivity contribution in [1.82, 2.24) is 15.1 Å². The number of hydrogen-bond donors (Lipinski definition) is 1. The predicted octanol–water partition coefficient (Wildman–Crippen LogP) is 2.55. The third-order valence-corrected chi connectivity index (χ3v) is 7.26. The van der Waals surface area contributed by atoms with Crippen LogP contribution in [-0.4, -0.2) is 59.9 Å². The summed E-state index contributed by atoms with van der Waals surface area (Å²) in [5.74, 6) is 1.96. The summed E-state index contributed by atoms with van der Waals surface area (Å²) in [6.45, 7) is 2.91. The summed E-state index contributed by atoms with van der Waals surface area (Å²) < 4.78 is 0. The van der Waals surface area contributed by atoms with Crippen LogP contribution in [0.4, 0.5) is 0 Å². The van der Waals surface area contributed by atoms with Crippen molar-refractivity contribution >= 4 is 11.8 Å². The average Bonchev–Trinajstić information content (AvgIpc) is 3.29. The van der Waals surface area contributed by atoms with Gasteiger partial charge in [0.15, 0.2) is 0 Å². The summed E-state index contributed by atoms with van der Waals surface area (Å²) in [7, 11) is 0. The third-order valence-electron chi connectivity index (χ3n) is 7.26. The Morgan fingerprint density at radius 2 is 1.35 bits per heavy atom. The molecular weight excluding hydrogens is 326 g/mol. The van der Waals surface area contributed by atoms with Gasteiger partial charge in [-0.05, 0) is 43.9 Å². The molecule has 2 amide bonds. The van der Waals surface area contributed by atoms with Crippen molar-refractivity contribution in [2.45, 2.75) is 82.7 Å². The van der Waals surface area contributed by atoms with Crippen molar-refractivity contribution in [2.24, 2.45) is 11.8 Å². The number of piperazine rings is 1. The zero-order chi connectivity index (χ0) is 17.9. The lowest BCUT2D eigenvalue weighted by atomic mass is 9.89. The Bertz CT molecular complexity index is 497. The number of piperidine rings is 1. The third kappa shape index (κ3) is 4.41. The van der Waals surface area contributed by atoms with Crippen molar-refractivity contribution in [3.63, 3.8) is 0 Å². The molecule has 5 heteroatoms. The molecule has 3 saturated heterocycles. The quantitative estimate of drug-likeness (QED) is 0.819. The summed E-state index contributed by atoms with van der Waals surface area (Å²) in [5.41, 5.74) is 0. The van der Waals surface area contributed by atoms with E-state index in [2.05, 4.69) is 5.32 Å². The van der Waals surface area contributed by atoms with E-state index in [1.807, 2.05) is 9.80 Å². The van der Waals surface area contributed by atoms with Gasteiger partial charge in [0.25, 0.3) is 0 Å². The minimum absolute atomic E-state index is 0.305. The maximum atomic E-state index is 12.7. The SMILES string of the molecule is O=C(CCC1CCCC1)N1CCN(C(=O)CC2CC3CCC(C2)N3)CC1. The lowest BCUT2D eigenvalue weighted by Gasteiger charge is -2.36. The van der Waals surface area contributed by atoms with Crippen LogP contribution in [0.2, 0.25) is 0 Å². The first-order valence-corrected chi connectivity index (χ1v) is 11.0. The van der Waals surface area contributed by atoms with Crippen molar-refractivity contribution in [2.75, 3.05) is 26.2 Å². The molecule has 4 rings (SSSR count). The number of nitrogens with zero attached hydrogens (tertiary/aromatic N) is 2. The lowest BCUT2D eigenvalue weighted by molar-refractivity contribution is -0.140. The first-order valence-electron chi connectivity index (χ1n) is 11.0. The Balaban J connectivity index is 1.17. The van der Waals surface area contributed by atoms with Crippen LogP contribution < -0.4 is 5.32 Å². The molecule has 2 atom stereocenters. The molecule has 1 N–H and O–H groups in total. The zero-order valence-electron chi connectivity index (χ0n) is 16.1. The van der Waals surface area contributed by atoms with Gasteiger partial charge in [-0.15, -0.1) is 0 Å². The highest BCUT2D eigenvalue weighted by atomic mass is 16.2. The van der Waals surface area contributed by atoms with E-state index in [1.165, 1.54) is 51.4 Å². The van der Waals surface area contributed by atoms with E-state index in [1.54, 1.807) is 0 Å². The molecule has 0 radical (unpaired) electrons. The van der Waals surface area contributed by atoms with Crippen molar-refractivity contribution in [3.8, 4) is 0 Å². The van der Waals surface area contributed by atoms with Gasteiger partial charge in [-0.2, -0.15) is 0 Å². The minimum Gasteiger partial charge on any atom is -0.339 e. The normalized spacial score (nSPS) is 32.2. The number of carbonyl (C=O) groups excluding carboxylic acids is 2. The van der Waals surface area contributed by atoms with Crippen LogP contribution in [0.5, 0.6) is 0 Å². The summed E-state index contributed by atoms with van der Waals surface area (Å²) in [6.07, 6.45) is 12.7. The predicted molar refractivity (Wildman–Crippen MR) is 102 cm³/mol. The zero-order valence-corrected chi connectivity index (χ0v) is 16.1. The molecule has 1 aliphatic carbocycles. The molecule has 3 aliphatic heterocycles. The number of nitrogens with one attached hydrogen (secondary N) is 1. The summed E-state index contributed by atoms with van der Waals surface area (Å²) in [4.78, 5) is 29.1. The van der Waals surface area contributed by atoms with E-state index in [9.17, 15) is 9.59 Å². The van der Waals surface area contributed by atoms with Crippen LogP contribution in [0.15, 0.2) is 0 Å². The fourth-order valence-corrected chi connectivity index (χ4v) is 5.71. The van der Waals surface area contributed by atoms with E-state index in [-0.39, 0.29) is 0 Å². The number of carbonyl (C=O) groups is 2. The minimum atomic E-state index is 0.305. The van der Waals surface area contributed by atoms with Crippen LogP contribution in [0.1, 0.15) is 70.6 Å². The highest BCUT2D eigenvalue weighted by Crippen LogP contribution is 2.33. The highest BCUT2D eigenvalue weighted by Gasteiger charge is 2.35. The molecule has 0 aromatic rings. The van der Waals surface area contributed by atoms with Crippen molar-refractivity contribution < 1.29 is 9.59 Å². The number of fused-ring (bicyclic) bond motifs is 2. The second-order valence-electron chi connectivity index (χ2n) is 9.13. The second kappa shape index (κ2) is 8.28. The Kier molecular flexibility index (Phi) is 5.82. The molecule has 2 unspecified atom stereocenters. The van der Waals surface area contributed by atoms with Gasteiger partial charge in [0.05, 0.1) is 0 Å². The van der Waals surface area contributed by atoms with Crippen LogP contribution in [0.3, 0.4) is 0 Å². The van der Waals surface area contributed by atoms with Crippen molar-refractivity contribution in [3.05, 3.63) is 0 Å². The standard InChI is InChI=1S/C21H35N3O2/c25-20(8-5-16-3-1-2-4-16)23-9-11-24(12-10-23)21(26)15-17-13-18-6-7-19(14-17)22-18/h16-19,22H,1-15H2. The van der Waals surface area contributed by atoms with Gasteiger partial charge in [0.2, 0.25) is 11.8 Å². The second-order valence-corrected chi connectivity index (χ2v) is 9.13. The maximum Gasteiger partial charge on any atom is 0.222 e. The smallest absolute Gasteiger partial charge is 0.222 e. The molecule has 0 spiro atoms. The monoisotopic (exact) mass is 361 g/mol. The fourth-order valence-electron chi connectivity index (χ4n) is 5.71. The number of amides is 2. The van der Waals surface area contributed by atoms with Gasteiger partial charge in [-0.1, -0.05) is 25.7 Å². The van der Waals surface area contributed by atoms with E-state index in [0.29, 0.717) is 42.7 Å². The first kappa shape index (κ1) is 18.3.